The van der Waals surface area contributed by atoms with Crippen molar-refractivity contribution in [2.75, 3.05) is 0 Å². The zero-order chi connectivity index (χ0) is 15.6. The van der Waals surface area contributed by atoms with Gasteiger partial charge >= 0.3 is 21.6 Å². The normalized spacial score (nSPS) is 12.5. The first-order chi connectivity index (χ1) is 8.91. The third-order valence-electron chi connectivity index (χ3n) is 1.61. The molecular weight excluding hydrogens is 301 g/mol. The zero-order valence-corrected chi connectivity index (χ0v) is 11.1. The SMILES string of the molecule is CC(C)(O)C#Cc1cnc(OS(=O)(=O)C(F)(F)F)nc1. The summed E-state index contributed by atoms with van der Waals surface area (Å²) in [6.45, 7) is 2.85. The van der Waals surface area contributed by atoms with Crippen molar-refractivity contribution in [3.05, 3.63) is 18.0 Å². The van der Waals surface area contributed by atoms with Crippen molar-refractivity contribution < 1.29 is 30.9 Å². The third kappa shape index (κ3) is 4.67. The number of aromatic nitrogens is 2. The van der Waals surface area contributed by atoms with Crippen molar-refractivity contribution in [2.45, 2.75) is 25.0 Å². The molecule has 1 N–H and O–H groups in total. The summed E-state index contributed by atoms with van der Waals surface area (Å²) in [5, 5.41) is 9.33. The Kier molecular flexibility index (Phi) is 4.26. The lowest BCUT2D eigenvalue weighted by Gasteiger charge is -2.07. The van der Waals surface area contributed by atoms with E-state index in [0.717, 1.165) is 12.4 Å². The van der Waals surface area contributed by atoms with Crippen LogP contribution in [0.15, 0.2) is 12.4 Å². The van der Waals surface area contributed by atoms with E-state index in [1.54, 1.807) is 0 Å². The summed E-state index contributed by atoms with van der Waals surface area (Å²) in [4.78, 5) is 6.56. The molecule has 1 aromatic heterocycles. The molecule has 0 radical (unpaired) electrons. The molecule has 6 nitrogen and oxygen atoms in total. The highest BCUT2D eigenvalue weighted by Gasteiger charge is 2.49. The molecule has 0 spiro atoms. The predicted octanol–water partition coefficient (Wildman–Crippen LogP) is 0.827. The Morgan fingerprint density at radius 1 is 1.25 bits per heavy atom. The van der Waals surface area contributed by atoms with Crippen LogP contribution in [0.5, 0.6) is 6.01 Å². The average Bonchev–Trinajstić information content (AvgIpc) is 2.25. The van der Waals surface area contributed by atoms with Crippen LogP contribution in [0.25, 0.3) is 0 Å². The molecule has 0 amide bonds. The van der Waals surface area contributed by atoms with E-state index in [0.29, 0.717) is 0 Å². The molecule has 0 saturated carbocycles. The van der Waals surface area contributed by atoms with E-state index < -0.39 is 27.2 Å². The van der Waals surface area contributed by atoms with Gasteiger partial charge in [-0.15, -0.1) is 0 Å². The van der Waals surface area contributed by atoms with Crippen LogP contribution in [0.2, 0.25) is 0 Å². The first-order valence-corrected chi connectivity index (χ1v) is 6.40. The summed E-state index contributed by atoms with van der Waals surface area (Å²) in [7, 11) is -5.80. The fourth-order valence-corrected chi connectivity index (χ4v) is 1.17. The lowest BCUT2D eigenvalue weighted by atomic mass is 10.1. The Bertz CT molecular complexity index is 636. The molecule has 0 atom stereocenters. The minimum absolute atomic E-state index is 0.170. The monoisotopic (exact) mass is 310 g/mol. The molecular formula is C10H9F3N2O4S. The molecule has 0 aliphatic carbocycles. The van der Waals surface area contributed by atoms with Gasteiger partial charge in [-0.25, -0.2) is 9.97 Å². The zero-order valence-electron chi connectivity index (χ0n) is 10.3. The van der Waals surface area contributed by atoms with E-state index in [2.05, 4.69) is 26.0 Å². The first-order valence-electron chi connectivity index (χ1n) is 4.99. The van der Waals surface area contributed by atoms with Crippen molar-refractivity contribution in [1.29, 1.82) is 0 Å². The summed E-state index contributed by atoms with van der Waals surface area (Å²) < 4.78 is 61.1. The highest BCUT2D eigenvalue weighted by atomic mass is 32.2. The lowest BCUT2D eigenvalue weighted by molar-refractivity contribution is -0.0502. The molecule has 0 unspecified atom stereocenters. The van der Waals surface area contributed by atoms with Crippen molar-refractivity contribution in [2.24, 2.45) is 0 Å². The second-order valence-electron chi connectivity index (χ2n) is 4.05. The third-order valence-corrected chi connectivity index (χ3v) is 2.54. The Morgan fingerprint density at radius 2 is 1.75 bits per heavy atom. The maximum Gasteiger partial charge on any atom is 0.534 e. The van der Waals surface area contributed by atoms with Gasteiger partial charge in [-0.3, -0.25) is 0 Å². The second kappa shape index (κ2) is 5.26. The number of nitrogens with zero attached hydrogens (tertiary/aromatic N) is 2. The van der Waals surface area contributed by atoms with Gasteiger partial charge in [0.1, 0.15) is 5.60 Å². The maximum absolute atomic E-state index is 12.0. The number of hydrogen-bond donors (Lipinski definition) is 1. The number of alkyl halides is 3. The Morgan fingerprint density at radius 3 is 2.15 bits per heavy atom. The van der Waals surface area contributed by atoms with Gasteiger partial charge in [-0.2, -0.15) is 21.6 Å². The lowest BCUT2D eigenvalue weighted by Crippen LogP contribution is -2.28. The average molecular weight is 310 g/mol. The topological polar surface area (TPSA) is 89.4 Å². The Hall–Kier alpha value is -1.86. The molecule has 110 valence electrons. The van der Waals surface area contributed by atoms with Crippen molar-refractivity contribution in [3.8, 4) is 17.9 Å². The molecule has 0 fully saturated rings. The highest BCUT2D eigenvalue weighted by Crippen LogP contribution is 2.25. The molecule has 0 aromatic carbocycles. The van der Waals surface area contributed by atoms with Crippen LogP contribution in [-0.4, -0.2) is 34.6 Å². The van der Waals surface area contributed by atoms with Crippen LogP contribution < -0.4 is 4.18 Å². The van der Waals surface area contributed by atoms with Gasteiger partial charge in [0.25, 0.3) is 0 Å². The quantitative estimate of drug-likeness (QED) is 0.494. The summed E-state index contributed by atoms with van der Waals surface area (Å²) in [6.07, 6.45) is 1.93. The molecule has 10 heteroatoms. The summed E-state index contributed by atoms with van der Waals surface area (Å²) in [6, 6.07) is -0.976. The van der Waals surface area contributed by atoms with Gasteiger partial charge in [0.2, 0.25) is 0 Å². The van der Waals surface area contributed by atoms with E-state index in [1.165, 1.54) is 13.8 Å². The molecule has 0 aliphatic heterocycles. The number of rotatable bonds is 2. The van der Waals surface area contributed by atoms with Gasteiger partial charge in [-0.05, 0) is 13.8 Å². The summed E-state index contributed by atoms with van der Waals surface area (Å²) in [5.41, 5.74) is -6.66. The minimum atomic E-state index is -5.80. The number of aliphatic hydroxyl groups is 1. The number of halogens is 3. The molecule has 1 aromatic rings. The molecule has 0 aliphatic rings. The predicted molar refractivity (Wildman–Crippen MR) is 60.8 cm³/mol. The molecule has 0 bridgehead atoms. The summed E-state index contributed by atoms with van der Waals surface area (Å²) >= 11 is 0. The van der Waals surface area contributed by atoms with Gasteiger partial charge in [0.05, 0.1) is 5.56 Å². The van der Waals surface area contributed by atoms with Crippen LogP contribution in [0, 0.1) is 11.8 Å². The van der Waals surface area contributed by atoms with Crippen LogP contribution >= 0.6 is 0 Å². The first kappa shape index (κ1) is 16.2. The standard InChI is InChI=1S/C10H9F3N2O4S/c1-9(2,16)4-3-7-5-14-8(15-6-7)19-20(17,18)10(11,12)13/h5-6,16H,1-2H3. The minimum Gasteiger partial charge on any atom is -0.378 e. The van der Waals surface area contributed by atoms with Crippen LogP contribution in [0.1, 0.15) is 19.4 Å². The van der Waals surface area contributed by atoms with Crippen LogP contribution in [0.3, 0.4) is 0 Å². The van der Waals surface area contributed by atoms with Crippen molar-refractivity contribution >= 4 is 10.1 Å². The summed E-state index contributed by atoms with van der Waals surface area (Å²) in [5.74, 6) is 4.87. The van der Waals surface area contributed by atoms with Gasteiger partial charge in [0, 0.05) is 12.4 Å². The van der Waals surface area contributed by atoms with E-state index in [-0.39, 0.29) is 5.56 Å². The fourth-order valence-electron chi connectivity index (χ4n) is 0.794. The van der Waals surface area contributed by atoms with Crippen LogP contribution in [0.4, 0.5) is 13.2 Å². The van der Waals surface area contributed by atoms with E-state index in [4.69, 9.17) is 0 Å². The van der Waals surface area contributed by atoms with Gasteiger partial charge in [0.15, 0.2) is 0 Å². The van der Waals surface area contributed by atoms with Crippen LogP contribution in [-0.2, 0) is 10.1 Å². The van der Waals surface area contributed by atoms with Gasteiger partial charge in [-0.1, -0.05) is 11.8 Å². The molecule has 20 heavy (non-hydrogen) atoms. The highest BCUT2D eigenvalue weighted by molar-refractivity contribution is 7.87. The van der Waals surface area contributed by atoms with Gasteiger partial charge < -0.3 is 9.29 Å². The largest absolute Gasteiger partial charge is 0.534 e. The van der Waals surface area contributed by atoms with Crippen molar-refractivity contribution in [1.82, 2.24) is 9.97 Å². The smallest absolute Gasteiger partial charge is 0.378 e. The molecule has 0 saturated heterocycles. The molecule has 1 rings (SSSR count). The molecule has 1 heterocycles. The van der Waals surface area contributed by atoms with E-state index in [9.17, 15) is 26.7 Å². The Labute approximate surface area is 112 Å². The maximum atomic E-state index is 12.0. The fraction of sp³-hybridized carbons (Fsp3) is 0.400. The second-order valence-corrected chi connectivity index (χ2v) is 5.58. The Balaban J connectivity index is 2.91. The van der Waals surface area contributed by atoms with E-state index >= 15 is 0 Å². The van der Waals surface area contributed by atoms with E-state index in [1.807, 2.05) is 0 Å². The van der Waals surface area contributed by atoms with Crippen molar-refractivity contribution in [3.63, 3.8) is 0 Å². The number of hydrogen-bond acceptors (Lipinski definition) is 6.